The number of piperidine rings is 1. The summed E-state index contributed by atoms with van der Waals surface area (Å²) in [5, 5.41) is 0. The number of hydrogen-bond donors (Lipinski definition) is 0. The number of carbonyl (C=O) groups excluding carboxylic acids is 3. The van der Waals surface area contributed by atoms with E-state index in [2.05, 4.69) is 0 Å². The molecule has 2 aromatic rings. The van der Waals surface area contributed by atoms with Gasteiger partial charge < -0.3 is 23.5 Å². The van der Waals surface area contributed by atoms with Gasteiger partial charge in [-0.1, -0.05) is 30.3 Å². The lowest BCUT2D eigenvalue weighted by Crippen LogP contribution is -2.55. The summed E-state index contributed by atoms with van der Waals surface area (Å²) in [4.78, 5) is 53.9. The van der Waals surface area contributed by atoms with Crippen molar-refractivity contribution in [1.82, 2.24) is 9.47 Å². The van der Waals surface area contributed by atoms with Crippen LogP contribution in [-0.4, -0.2) is 64.3 Å². The summed E-state index contributed by atoms with van der Waals surface area (Å²) in [7, 11) is 0. The fourth-order valence-corrected chi connectivity index (χ4v) is 5.52. The average Bonchev–Trinajstić information content (AvgIpc) is 3.41. The number of amides is 1. The highest BCUT2D eigenvalue weighted by Crippen LogP contribution is 2.52. The van der Waals surface area contributed by atoms with E-state index in [9.17, 15) is 28.0 Å². The van der Waals surface area contributed by atoms with Gasteiger partial charge in [-0.25, -0.2) is 23.2 Å². The van der Waals surface area contributed by atoms with E-state index in [-0.39, 0.29) is 38.5 Å². The van der Waals surface area contributed by atoms with Crippen LogP contribution in [0.15, 0.2) is 41.3 Å². The molecule has 0 N–H and O–H groups in total. The maximum Gasteiger partial charge on any atom is 0.411 e. The molecule has 1 aromatic carbocycles. The van der Waals surface area contributed by atoms with Gasteiger partial charge in [0.05, 0.1) is 25.3 Å². The third kappa shape index (κ3) is 6.42. The fraction of sp³-hybridized carbons (Fsp3) is 0.533. The van der Waals surface area contributed by atoms with Crippen molar-refractivity contribution < 1.29 is 42.1 Å². The Labute approximate surface area is 242 Å². The van der Waals surface area contributed by atoms with Crippen molar-refractivity contribution in [2.75, 3.05) is 13.2 Å². The highest BCUT2D eigenvalue weighted by atomic mass is 19.3. The molecule has 0 radical (unpaired) electrons. The maximum absolute atomic E-state index is 14.9. The predicted octanol–water partition coefficient (Wildman–Crippen LogP) is 4.81. The van der Waals surface area contributed by atoms with Gasteiger partial charge in [0.15, 0.2) is 11.4 Å². The van der Waals surface area contributed by atoms with Crippen LogP contribution >= 0.6 is 0 Å². The van der Waals surface area contributed by atoms with Gasteiger partial charge in [0.2, 0.25) is 5.43 Å². The molecule has 228 valence electrons. The number of hydrogen-bond acceptors (Lipinski definition) is 8. The summed E-state index contributed by atoms with van der Waals surface area (Å²) in [6, 6.07) is 6.63. The van der Waals surface area contributed by atoms with Crippen LogP contribution in [-0.2, 0) is 27.4 Å². The highest BCUT2D eigenvalue weighted by molar-refractivity contribution is 5.94. The SMILES string of the molecule is CCOC(=O)c1cn(C[C@@H]2[C@H]3CC(N2C(=O)OC(C)(C)C)C(F)(F)C3)c(C(=O)OCC)c(OCc2ccccc2)c1=O. The predicted molar refractivity (Wildman–Crippen MR) is 147 cm³/mol. The van der Waals surface area contributed by atoms with Crippen LogP contribution in [0.1, 0.15) is 73.9 Å². The van der Waals surface area contributed by atoms with Gasteiger partial charge in [0, 0.05) is 19.2 Å². The van der Waals surface area contributed by atoms with Crippen LogP contribution < -0.4 is 10.2 Å². The highest BCUT2D eigenvalue weighted by Gasteiger charge is 2.63. The maximum atomic E-state index is 14.9. The van der Waals surface area contributed by atoms with Crippen molar-refractivity contribution in [3.05, 3.63) is 63.6 Å². The number of rotatable bonds is 9. The Balaban J connectivity index is 1.83. The lowest BCUT2D eigenvalue weighted by atomic mass is 9.96. The second-order valence-electron chi connectivity index (χ2n) is 11.3. The molecule has 12 heteroatoms. The summed E-state index contributed by atoms with van der Waals surface area (Å²) < 4.78 is 52.7. The van der Waals surface area contributed by atoms with Gasteiger partial charge in [0.1, 0.15) is 17.8 Å². The van der Waals surface area contributed by atoms with Gasteiger partial charge in [-0.15, -0.1) is 0 Å². The van der Waals surface area contributed by atoms with E-state index < -0.39 is 70.7 Å². The Kier molecular flexibility index (Phi) is 8.93. The zero-order valence-electron chi connectivity index (χ0n) is 24.4. The van der Waals surface area contributed by atoms with Gasteiger partial charge in [0.25, 0.3) is 5.92 Å². The number of alkyl halides is 2. The quantitative estimate of drug-likeness (QED) is 0.302. The molecule has 1 unspecified atom stereocenters. The summed E-state index contributed by atoms with van der Waals surface area (Å²) in [5.74, 6) is -6.05. The van der Waals surface area contributed by atoms with Crippen LogP contribution in [0, 0.1) is 5.92 Å². The molecule has 0 spiro atoms. The second kappa shape index (κ2) is 12.1. The van der Waals surface area contributed by atoms with Gasteiger partial charge in [-0.05, 0) is 52.5 Å². The molecule has 1 saturated carbocycles. The molecule has 1 saturated heterocycles. The van der Waals surface area contributed by atoms with Crippen molar-refractivity contribution in [1.29, 1.82) is 0 Å². The molecule has 3 atom stereocenters. The van der Waals surface area contributed by atoms with Crippen molar-refractivity contribution in [2.24, 2.45) is 5.92 Å². The van der Waals surface area contributed by atoms with E-state index in [1.807, 2.05) is 0 Å². The number of ether oxygens (including phenoxy) is 4. The fourth-order valence-electron chi connectivity index (χ4n) is 5.52. The average molecular weight is 591 g/mol. The Morgan fingerprint density at radius 3 is 2.29 bits per heavy atom. The number of nitrogens with zero attached hydrogens (tertiary/aromatic N) is 2. The molecule has 1 amide bonds. The smallest absolute Gasteiger partial charge is 0.411 e. The molecule has 2 aliphatic rings. The Bertz CT molecular complexity index is 1390. The molecular weight excluding hydrogens is 554 g/mol. The lowest BCUT2D eigenvalue weighted by Gasteiger charge is -2.40. The summed E-state index contributed by atoms with van der Waals surface area (Å²) >= 11 is 0. The number of carbonyl (C=O) groups is 3. The van der Waals surface area contributed by atoms with Crippen LogP contribution in [0.5, 0.6) is 5.75 Å². The van der Waals surface area contributed by atoms with Crippen LogP contribution in [0.3, 0.4) is 0 Å². The van der Waals surface area contributed by atoms with E-state index >= 15 is 0 Å². The zero-order valence-corrected chi connectivity index (χ0v) is 24.4. The number of benzene rings is 1. The van der Waals surface area contributed by atoms with E-state index in [0.29, 0.717) is 5.56 Å². The first-order valence-corrected chi connectivity index (χ1v) is 13.9. The number of fused-ring (bicyclic) bond motifs is 2. The normalized spacial score (nSPS) is 20.7. The third-order valence-corrected chi connectivity index (χ3v) is 7.20. The molecule has 4 rings (SSSR count). The molecule has 1 aliphatic heterocycles. The molecule has 1 aromatic heterocycles. The Morgan fingerprint density at radius 2 is 1.67 bits per heavy atom. The first-order chi connectivity index (χ1) is 19.8. The number of aromatic nitrogens is 1. The molecule has 2 heterocycles. The van der Waals surface area contributed by atoms with Crippen LogP contribution in [0.2, 0.25) is 0 Å². The van der Waals surface area contributed by atoms with E-state index in [1.54, 1.807) is 65.0 Å². The number of pyridine rings is 1. The largest absolute Gasteiger partial charge is 0.482 e. The molecular formula is C30H36F2N2O8. The van der Waals surface area contributed by atoms with Gasteiger partial charge >= 0.3 is 18.0 Å². The summed E-state index contributed by atoms with van der Waals surface area (Å²) in [5.41, 5.74) is -1.85. The van der Waals surface area contributed by atoms with Crippen LogP contribution in [0.4, 0.5) is 13.6 Å². The third-order valence-electron chi connectivity index (χ3n) is 7.20. The van der Waals surface area contributed by atoms with Crippen LogP contribution in [0.25, 0.3) is 0 Å². The molecule has 2 bridgehead atoms. The standard InChI is InChI=1S/C30H36F2N2O8/c1-6-39-26(36)20-15-33(16-21-19-13-22(30(31,32)14-19)34(21)28(38)42-29(3,4)5)23(27(37)40-7-2)25(24(20)35)41-17-18-11-9-8-10-12-18/h8-12,15,19,21-22H,6-7,13-14,16-17H2,1-5H3/t19-,21+,22?/m0/s1. The number of halogens is 2. The topological polar surface area (TPSA) is 113 Å². The lowest BCUT2D eigenvalue weighted by molar-refractivity contribution is -0.0968. The monoisotopic (exact) mass is 590 g/mol. The second-order valence-corrected chi connectivity index (χ2v) is 11.3. The minimum Gasteiger partial charge on any atom is -0.482 e. The van der Waals surface area contributed by atoms with Gasteiger partial charge in [-0.2, -0.15) is 0 Å². The zero-order chi connectivity index (χ0) is 30.8. The number of esters is 2. The number of likely N-dealkylation sites (tertiary alicyclic amines) is 1. The van der Waals surface area contributed by atoms with Crippen molar-refractivity contribution in [2.45, 2.75) is 84.2 Å². The molecule has 10 nitrogen and oxygen atoms in total. The summed E-state index contributed by atoms with van der Waals surface area (Å²) in [6.07, 6.45) is -0.198. The summed E-state index contributed by atoms with van der Waals surface area (Å²) in [6.45, 7) is 7.68. The van der Waals surface area contributed by atoms with Crippen molar-refractivity contribution in [3.63, 3.8) is 0 Å². The minimum absolute atomic E-state index is 0.0218. The van der Waals surface area contributed by atoms with E-state index in [4.69, 9.17) is 18.9 Å². The molecule has 42 heavy (non-hydrogen) atoms. The Hall–Kier alpha value is -3.96. The molecule has 1 aliphatic carbocycles. The van der Waals surface area contributed by atoms with Crippen molar-refractivity contribution in [3.8, 4) is 5.75 Å². The van der Waals surface area contributed by atoms with Crippen molar-refractivity contribution >= 4 is 18.0 Å². The first-order valence-electron chi connectivity index (χ1n) is 13.9. The molecule has 2 fully saturated rings. The van der Waals surface area contributed by atoms with E-state index in [0.717, 1.165) is 11.1 Å². The van der Waals surface area contributed by atoms with Gasteiger partial charge in [-0.3, -0.25) is 9.69 Å². The Morgan fingerprint density at radius 1 is 1.02 bits per heavy atom. The minimum atomic E-state index is -3.12. The first kappa shape index (κ1) is 31.0. The van der Waals surface area contributed by atoms with E-state index in [1.165, 1.54) is 4.57 Å².